The van der Waals surface area contributed by atoms with Gasteiger partial charge in [-0.15, -0.1) is 11.3 Å². The molecule has 0 radical (unpaired) electrons. The second-order valence-corrected chi connectivity index (χ2v) is 8.37. The number of aryl methyl sites for hydroxylation is 1. The van der Waals surface area contributed by atoms with Gasteiger partial charge < -0.3 is 9.84 Å². The van der Waals surface area contributed by atoms with Crippen molar-refractivity contribution in [2.45, 2.75) is 32.2 Å². The van der Waals surface area contributed by atoms with Gasteiger partial charge in [0.1, 0.15) is 0 Å². The minimum atomic E-state index is 0.104. The van der Waals surface area contributed by atoms with Gasteiger partial charge in [0.05, 0.1) is 11.4 Å². The number of aromatic nitrogens is 2. The highest BCUT2D eigenvalue weighted by Gasteiger charge is 2.25. The molecule has 3 heterocycles. The van der Waals surface area contributed by atoms with Crippen LogP contribution in [-0.2, 0) is 17.8 Å². The van der Waals surface area contributed by atoms with Crippen LogP contribution >= 0.6 is 11.3 Å². The van der Waals surface area contributed by atoms with E-state index < -0.39 is 0 Å². The fourth-order valence-corrected chi connectivity index (χ4v) is 4.31. The van der Waals surface area contributed by atoms with E-state index in [1.54, 1.807) is 11.3 Å². The molecule has 6 nitrogen and oxygen atoms in total. The van der Waals surface area contributed by atoms with Crippen LogP contribution in [0.4, 0.5) is 0 Å². The van der Waals surface area contributed by atoms with Crippen molar-refractivity contribution in [2.75, 3.05) is 19.6 Å². The van der Waals surface area contributed by atoms with Crippen molar-refractivity contribution in [1.29, 1.82) is 0 Å². The molecule has 1 fully saturated rings. The molecule has 29 heavy (non-hydrogen) atoms. The summed E-state index contributed by atoms with van der Waals surface area (Å²) in [6.07, 6.45) is 3.71. The van der Waals surface area contributed by atoms with Gasteiger partial charge in [-0.1, -0.05) is 41.6 Å². The van der Waals surface area contributed by atoms with Crippen LogP contribution < -0.4 is 5.32 Å². The Morgan fingerprint density at radius 1 is 1.17 bits per heavy atom. The van der Waals surface area contributed by atoms with E-state index in [0.29, 0.717) is 18.3 Å². The highest BCUT2D eigenvalue weighted by atomic mass is 32.1. The number of hydrogen-bond donors (Lipinski definition) is 1. The Bertz CT molecular complexity index is 887. The summed E-state index contributed by atoms with van der Waals surface area (Å²) in [4.78, 5) is 20.2. The van der Waals surface area contributed by atoms with Crippen LogP contribution in [0.2, 0.25) is 0 Å². The fourth-order valence-electron chi connectivity index (χ4n) is 3.66. The van der Waals surface area contributed by atoms with Gasteiger partial charge in [0.15, 0.2) is 0 Å². The molecule has 2 aromatic heterocycles. The Morgan fingerprint density at radius 2 is 2.00 bits per heavy atom. The molecule has 0 spiro atoms. The maximum atomic E-state index is 12.4. The molecule has 1 N–H and O–H groups in total. The molecule has 0 saturated carbocycles. The number of benzene rings is 1. The largest absolute Gasteiger partial charge is 0.356 e. The van der Waals surface area contributed by atoms with Gasteiger partial charge in [-0.05, 0) is 55.8 Å². The number of piperidine rings is 1. The Balaban J connectivity index is 1.16. The van der Waals surface area contributed by atoms with E-state index in [1.165, 1.54) is 5.56 Å². The van der Waals surface area contributed by atoms with Gasteiger partial charge in [0, 0.05) is 12.5 Å². The Hall–Kier alpha value is -2.51. The molecule has 0 aliphatic carbocycles. The topological polar surface area (TPSA) is 71.3 Å². The lowest BCUT2D eigenvalue weighted by molar-refractivity contribution is -0.126. The zero-order valence-electron chi connectivity index (χ0n) is 16.4. The minimum Gasteiger partial charge on any atom is -0.356 e. The van der Waals surface area contributed by atoms with Crippen molar-refractivity contribution in [2.24, 2.45) is 5.92 Å². The molecule has 7 heteroatoms. The second-order valence-electron chi connectivity index (χ2n) is 7.42. The molecule has 0 atom stereocenters. The van der Waals surface area contributed by atoms with Gasteiger partial charge in [0.25, 0.3) is 0 Å². The van der Waals surface area contributed by atoms with Gasteiger partial charge in [-0.2, -0.15) is 4.98 Å². The number of nitrogens with one attached hydrogen (secondary N) is 1. The Labute approximate surface area is 174 Å². The van der Waals surface area contributed by atoms with Crippen LogP contribution in [0.25, 0.3) is 10.7 Å². The summed E-state index contributed by atoms with van der Waals surface area (Å²) >= 11 is 1.60. The first-order valence-electron chi connectivity index (χ1n) is 10.2. The summed E-state index contributed by atoms with van der Waals surface area (Å²) < 4.78 is 5.39. The van der Waals surface area contributed by atoms with Gasteiger partial charge in [-0.3, -0.25) is 9.69 Å². The van der Waals surface area contributed by atoms with Crippen molar-refractivity contribution < 1.29 is 9.32 Å². The van der Waals surface area contributed by atoms with E-state index in [4.69, 9.17) is 4.52 Å². The van der Waals surface area contributed by atoms with Gasteiger partial charge >= 0.3 is 0 Å². The summed E-state index contributed by atoms with van der Waals surface area (Å²) in [5.41, 5.74) is 1.32. The minimum absolute atomic E-state index is 0.104. The molecule has 1 aliphatic rings. The molecular formula is C22H26N4O2S. The average molecular weight is 411 g/mol. The third kappa shape index (κ3) is 5.52. The monoisotopic (exact) mass is 410 g/mol. The van der Waals surface area contributed by atoms with E-state index in [2.05, 4.69) is 44.6 Å². The highest BCUT2D eigenvalue weighted by molar-refractivity contribution is 7.13. The molecule has 1 aliphatic heterocycles. The van der Waals surface area contributed by atoms with Gasteiger partial charge in [-0.25, -0.2) is 0 Å². The number of thiophene rings is 1. The summed E-state index contributed by atoms with van der Waals surface area (Å²) in [5.74, 6) is 1.58. The number of nitrogens with zero attached hydrogens (tertiary/aromatic N) is 3. The van der Waals surface area contributed by atoms with Crippen LogP contribution in [-0.4, -0.2) is 40.6 Å². The zero-order chi connectivity index (χ0) is 19.9. The van der Waals surface area contributed by atoms with Crippen LogP contribution in [0, 0.1) is 5.92 Å². The predicted octanol–water partition coefficient (Wildman–Crippen LogP) is 3.76. The molecule has 4 rings (SSSR count). The lowest BCUT2D eigenvalue weighted by atomic mass is 9.96. The molecule has 152 valence electrons. The first-order chi connectivity index (χ1) is 14.3. The molecule has 1 aromatic carbocycles. The lowest BCUT2D eigenvalue weighted by Crippen LogP contribution is -2.40. The lowest BCUT2D eigenvalue weighted by Gasteiger charge is -2.30. The van der Waals surface area contributed by atoms with Crippen molar-refractivity contribution in [3.8, 4) is 10.7 Å². The summed E-state index contributed by atoms with van der Waals surface area (Å²) in [7, 11) is 0. The van der Waals surface area contributed by atoms with E-state index >= 15 is 0 Å². The first kappa shape index (κ1) is 19.8. The quantitative estimate of drug-likeness (QED) is 0.573. The van der Waals surface area contributed by atoms with Crippen molar-refractivity contribution in [3.05, 3.63) is 59.3 Å². The third-order valence-corrected chi connectivity index (χ3v) is 6.18. The van der Waals surface area contributed by atoms with Crippen LogP contribution in [0.5, 0.6) is 0 Å². The SMILES string of the molecule is O=C(NCCCc1ccccc1)C1CCN(Cc2nc(-c3cccs3)no2)CC1. The second kappa shape index (κ2) is 9.80. The number of likely N-dealkylation sites (tertiary alicyclic amines) is 1. The Kier molecular flexibility index (Phi) is 6.69. The van der Waals surface area contributed by atoms with E-state index in [9.17, 15) is 4.79 Å². The van der Waals surface area contributed by atoms with Crippen molar-refractivity contribution >= 4 is 17.2 Å². The molecule has 3 aromatic rings. The number of carbonyl (C=O) groups is 1. The van der Waals surface area contributed by atoms with Crippen LogP contribution in [0.15, 0.2) is 52.4 Å². The zero-order valence-corrected chi connectivity index (χ0v) is 17.2. The Morgan fingerprint density at radius 3 is 2.76 bits per heavy atom. The summed E-state index contributed by atoms with van der Waals surface area (Å²) in [6, 6.07) is 14.4. The summed E-state index contributed by atoms with van der Waals surface area (Å²) in [6.45, 7) is 3.13. The first-order valence-corrected chi connectivity index (χ1v) is 11.1. The van der Waals surface area contributed by atoms with E-state index in [-0.39, 0.29) is 11.8 Å². The van der Waals surface area contributed by atoms with E-state index in [1.807, 2.05) is 23.6 Å². The van der Waals surface area contributed by atoms with Crippen molar-refractivity contribution in [3.63, 3.8) is 0 Å². The van der Waals surface area contributed by atoms with Gasteiger partial charge in [0.2, 0.25) is 17.6 Å². The maximum absolute atomic E-state index is 12.4. The van der Waals surface area contributed by atoms with Crippen LogP contribution in [0.3, 0.4) is 0 Å². The molecule has 1 amide bonds. The summed E-state index contributed by atoms with van der Waals surface area (Å²) in [5, 5.41) is 9.18. The molecule has 1 saturated heterocycles. The number of amides is 1. The molecular weight excluding hydrogens is 384 g/mol. The molecule has 0 unspecified atom stereocenters. The highest BCUT2D eigenvalue weighted by Crippen LogP contribution is 2.23. The maximum Gasteiger partial charge on any atom is 0.241 e. The predicted molar refractivity (Wildman–Crippen MR) is 113 cm³/mol. The fraction of sp³-hybridized carbons (Fsp3) is 0.409. The average Bonchev–Trinajstić information content (AvgIpc) is 3.44. The van der Waals surface area contributed by atoms with Crippen molar-refractivity contribution in [1.82, 2.24) is 20.4 Å². The number of carbonyl (C=O) groups excluding carboxylic acids is 1. The normalized spacial score (nSPS) is 15.4. The number of rotatable bonds is 8. The number of hydrogen-bond acceptors (Lipinski definition) is 6. The standard InChI is InChI=1S/C22H26N4O2S/c27-22(23-12-4-8-17-6-2-1-3-7-17)18-10-13-26(14-11-18)16-20-24-21(25-28-20)19-9-5-15-29-19/h1-3,5-7,9,15,18H,4,8,10-14,16H2,(H,23,27). The smallest absolute Gasteiger partial charge is 0.241 e. The van der Waals surface area contributed by atoms with Crippen LogP contribution in [0.1, 0.15) is 30.7 Å². The third-order valence-electron chi connectivity index (χ3n) is 5.31. The molecule has 0 bridgehead atoms. The van der Waals surface area contributed by atoms with E-state index in [0.717, 1.165) is 50.2 Å².